The van der Waals surface area contributed by atoms with Crippen LogP contribution in [0.25, 0.3) is 0 Å². The normalized spacial score (nSPS) is 16.5. The van der Waals surface area contributed by atoms with Crippen molar-refractivity contribution in [3.8, 4) is 0 Å². The third-order valence-electron chi connectivity index (χ3n) is 2.14. The van der Waals surface area contributed by atoms with Crippen molar-refractivity contribution < 1.29 is 8.78 Å². The first-order valence-electron chi connectivity index (χ1n) is 4.19. The van der Waals surface area contributed by atoms with Crippen molar-refractivity contribution in [2.24, 2.45) is 5.92 Å². The van der Waals surface area contributed by atoms with Crippen LogP contribution in [0.2, 0.25) is 0 Å². The Hall–Kier alpha value is -0.920. The maximum atomic E-state index is 12.7. The van der Waals surface area contributed by atoms with Gasteiger partial charge in [-0.2, -0.15) is 0 Å². The lowest BCUT2D eigenvalue weighted by Crippen LogP contribution is -1.90. The highest BCUT2D eigenvalue weighted by atomic mass is 19.1. The maximum absolute atomic E-state index is 12.7. The van der Waals surface area contributed by atoms with E-state index in [1.807, 2.05) is 0 Å². The van der Waals surface area contributed by atoms with Crippen LogP contribution in [0, 0.1) is 17.6 Å². The summed E-state index contributed by atoms with van der Waals surface area (Å²) in [4.78, 5) is 0. The van der Waals surface area contributed by atoms with Crippen molar-refractivity contribution in [2.45, 2.75) is 19.3 Å². The van der Waals surface area contributed by atoms with Crippen LogP contribution in [0.5, 0.6) is 0 Å². The van der Waals surface area contributed by atoms with Gasteiger partial charge in [0, 0.05) is 6.07 Å². The predicted molar refractivity (Wildman–Crippen MR) is 42.8 cm³/mol. The molecule has 64 valence electrons. The van der Waals surface area contributed by atoms with Crippen molar-refractivity contribution in [3.63, 3.8) is 0 Å². The van der Waals surface area contributed by atoms with Gasteiger partial charge in [0.25, 0.3) is 0 Å². The minimum absolute atomic E-state index is 0.467. The number of hydrogen-bond donors (Lipinski definition) is 0. The zero-order valence-corrected chi connectivity index (χ0v) is 6.69. The molecule has 0 amide bonds. The topological polar surface area (TPSA) is 0 Å². The predicted octanol–water partition coefficient (Wildman–Crippen LogP) is 2.92. The maximum Gasteiger partial charge on any atom is 0.126 e. The minimum Gasteiger partial charge on any atom is -0.207 e. The molecule has 0 spiro atoms. The second-order valence-electron chi connectivity index (χ2n) is 3.43. The van der Waals surface area contributed by atoms with Gasteiger partial charge in [-0.05, 0) is 42.9 Å². The van der Waals surface area contributed by atoms with E-state index in [1.54, 1.807) is 0 Å². The molecule has 0 unspecified atom stereocenters. The number of halogens is 2. The molecule has 0 radical (unpaired) electrons. The summed E-state index contributed by atoms with van der Waals surface area (Å²) in [5.41, 5.74) is 0.787. The molecule has 1 saturated carbocycles. The van der Waals surface area contributed by atoms with Crippen molar-refractivity contribution in [1.82, 2.24) is 0 Å². The molecular formula is C10H10F2. The number of benzene rings is 1. The van der Waals surface area contributed by atoms with Gasteiger partial charge in [-0.3, -0.25) is 0 Å². The monoisotopic (exact) mass is 168 g/mol. The Kier molecular flexibility index (Phi) is 1.83. The van der Waals surface area contributed by atoms with Crippen molar-refractivity contribution in [3.05, 3.63) is 35.4 Å². The Bertz CT molecular complexity index is 270. The second kappa shape index (κ2) is 2.85. The van der Waals surface area contributed by atoms with Crippen LogP contribution in [0.15, 0.2) is 18.2 Å². The first-order chi connectivity index (χ1) is 5.74. The first kappa shape index (κ1) is 7.71. The average molecular weight is 168 g/mol. The van der Waals surface area contributed by atoms with E-state index in [1.165, 1.54) is 25.0 Å². The standard InChI is InChI=1S/C10H10F2/c11-9-4-8(3-7-1-2-7)5-10(12)6-9/h4-7H,1-3H2. The van der Waals surface area contributed by atoms with Crippen LogP contribution in [-0.2, 0) is 6.42 Å². The molecule has 0 aromatic heterocycles. The molecular weight excluding hydrogens is 158 g/mol. The fourth-order valence-corrected chi connectivity index (χ4v) is 1.38. The van der Waals surface area contributed by atoms with Crippen LogP contribution in [-0.4, -0.2) is 0 Å². The SMILES string of the molecule is Fc1cc(F)cc(CC2CC2)c1. The summed E-state index contributed by atoms with van der Waals surface area (Å²) in [6, 6.07) is 3.75. The summed E-state index contributed by atoms with van der Waals surface area (Å²) >= 11 is 0. The van der Waals surface area contributed by atoms with Crippen molar-refractivity contribution >= 4 is 0 Å². The molecule has 0 heterocycles. The quantitative estimate of drug-likeness (QED) is 0.637. The van der Waals surface area contributed by atoms with Gasteiger partial charge in [-0.25, -0.2) is 8.78 Å². The second-order valence-corrected chi connectivity index (χ2v) is 3.43. The van der Waals surface area contributed by atoms with Crippen LogP contribution >= 0.6 is 0 Å². The van der Waals surface area contributed by atoms with E-state index in [0.717, 1.165) is 18.1 Å². The highest BCUT2D eigenvalue weighted by molar-refractivity contribution is 5.19. The van der Waals surface area contributed by atoms with E-state index in [-0.39, 0.29) is 0 Å². The molecule has 0 N–H and O–H groups in total. The van der Waals surface area contributed by atoms with Crippen LogP contribution in [0.3, 0.4) is 0 Å². The Morgan fingerprint density at radius 1 is 1.08 bits per heavy atom. The summed E-state index contributed by atoms with van der Waals surface area (Å²) in [5.74, 6) is -0.262. The van der Waals surface area contributed by atoms with Gasteiger partial charge in [0.15, 0.2) is 0 Å². The lowest BCUT2D eigenvalue weighted by atomic mass is 10.1. The molecule has 2 heteroatoms. The zero-order chi connectivity index (χ0) is 8.55. The molecule has 1 aliphatic rings. The zero-order valence-electron chi connectivity index (χ0n) is 6.69. The van der Waals surface area contributed by atoms with Crippen LogP contribution in [0.4, 0.5) is 8.78 Å². The molecule has 0 bridgehead atoms. The van der Waals surface area contributed by atoms with Crippen molar-refractivity contribution in [1.29, 1.82) is 0 Å². The third-order valence-corrected chi connectivity index (χ3v) is 2.14. The molecule has 1 aromatic rings. The highest BCUT2D eigenvalue weighted by Gasteiger charge is 2.21. The fraction of sp³-hybridized carbons (Fsp3) is 0.400. The van der Waals surface area contributed by atoms with E-state index in [4.69, 9.17) is 0 Å². The summed E-state index contributed by atoms with van der Waals surface area (Å²) in [5, 5.41) is 0. The molecule has 1 aromatic carbocycles. The van der Waals surface area contributed by atoms with Gasteiger partial charge < -0.3 is 0 Å². The highest BCUT2D eigenvalue weighted by Crippen LogP contribution is 2.32. The molecule has 0 nitrogen and oxygen atoms in total. The average Bonchev–Trinajstić information content (AvgIpc) is 2.68. The van der Waals surface area contributed by atoms with Gasteiger partial charge in [0.2, 0.25) is 0 Å². The number of hydrogen-bond acceptors (Lipinski definition) is 0. The molecule has 0 saturated heterocycles. The Morgan fingerprint density at radius 2 is 1.67 bits per heavy atom. The van der Waals surface area contributed by atoms with E-state index < -0.39 is 11.6 Å². The van der Waals surface area contributed by atoms with E-state index in [2.05, 4.69) is 0 Å². The van der Waals surface area contributed by atoms with Crippen LogP contribution in [0.1, 0.15) is 18.4 Å². The molecule has 1 aliphatic carbocycles. The minimum atomic E-state index is -0.467. The smallest absolute Gasteiger partial charge is 0.126 e. The summed E-state index contributed by atoms with van der Waals surface area (Å²) in [6.45, 7) is 0. The molecule has 1 fully saturated rings. The Labute approximate surface area is 70.2 Å². The third kappa shape index (κ3) is 1.81. The van der Waals surface area contributed by atoms with E-state index in [0.29, 0.717) is 5.92 Å². The van der Waals surface area contributed by atoms with Crippen LogP contribution < -0.4 is 0 Å². The summed E-state index contributed by atoms with van der Waals surface area (Å²) in [7, 11) is 0. The molecule has 2 rings (SSSR count). The fourth-order valence-electron chi connectivity index (χ4n) is 1.38. The van der Waals surface area contributed by atoms with E-state index >= 15 is 0 Å². The lowest BCUT2D eigenvalue weighted by Gasteiger charge is -1.99. The largest absolute Gasteiger partial charge is 0.207 e. The van der Waals surface area contributed by atoms with Gasteiger partial charge in [-0.15, -0.1) is 0 Å². The molecule has 0 aliphatic heterocycles. The lowest BCUT2D eigenvalue weighted by molar-refractivity contribution is 0.578. The van der Waals surface area contributed by atoms with Gasteiger partial charge in [0.1, 0.15) is 11.6 Å². The molecule has 0 atom stereocenters. The number of rotatable bonds is 2. The van der Waals surface area contributed by atoms with Gasteiger partial charge in [-0.1, -0.05) is 0 Å². The first-order valence-corrected chi connectivity index (χ1v) is 4.19. The van der Waals surface area contributed by atoms with Crippen molar-refractivity contribution in [2.75, 3.05) is 0 Å². The molecule has 12 heavy (non-hydrogen) atoms. The van der Waals surface area contributed by atoms with E-state index in [9.17, 15) is 8.78 Å². The summed E-state index contributed by atoms with van der Waals surface area (Å²) in [6.07, 6.45) is 3.24. The Morgan fingerprint density at radius 3 is 2.17 bits per heavy atom. The summed E-state index contributed by atoms with van der Waals surface area (Å²) < 4.78 is 25.3. The Balaban J connectivity index is 2.18. The van der Waals surface area contributed by atoms with Gasteiger partial charge in [0.05, 0.1) is 0 Å². The van der Waals surface area contributed by atoms with Gasteiger partial charge >= 0.3 is 0 Å².